The lowest BCUT2D eigenvalue weighted by Crippen LogP contribution is -2.47. The SMILES string of the molecule is NCc1cnc(C(C=NC2CC(CNc3ccc4c(c3)C(=O)N(C(CCC=O)C(N)=O)C4=O)C2)=C(N)C2CC2)cc1N. The Morgan fingerprint density at radius 2 is 1.88 bits per heavy atom. The van der Waals surface area contributed by atoms with Gasteiger partial charge in [0.15, 0.2) is 0 Å². The van der Waals surface area contributed by atoms with E-state index in [1.54, 1.807) is 30.5 Å². The molecular weight excluding hydrogens is 536 g/mol. The first-order valence-electron chi connectivity index (χ1n) is 14.2. The second-order valence-electron chi connectivity index (χ2n) is 11.2. The number of nitrogen functional groups attached to an aromatic ring is 1. The number of fused-ring (bicyclic) bond motifs is 1. The van der Waals surface area contributed by atoms with Gasteiger partial charge >= 0.3 is 0 Å². The summed E-state index contributed by atoms with van der Waals surface area (Å²) in [6, 6.07) is 5.72. The topological polar surface area (TPSA) is 213 Å². The highest BCUT2D eigenvalue weighted by molar-refractivity contribution is 6.23. The first kappa shape index (κ1) is 28.9. The maximum absolute atomic E-state index is 13.0. The predicted molar refractivity (Wildman–Crippen MR) is 159 cm³/mol. The average molecular weight is 573 g/mol. The molecule has 2 aromatic rings. The number of anilines is 2. The van der Waals surface area contributed by atoms with Crippen LogP contribution in [0.25, 0.3) is 5.57 Å². The van der Waals surface area contributed by atoms with Gasteiger partial charge in [0.2, 0.25) is 5.91 Å². The smallest absolute Gasteiger partial charge is 0.262 e. The molecular formula is C30H36N8O4. The molecule has 0 radical (unpaired) electrons. The third-order valence-corrected chi connectivity index (χ3v) is 8.18. The van der Waals surface area contributed by atoms with Crippen molar-refractivity contribution < 1.29 is 19.2 Å². The molecule has 220 valence electrons. The normalized spacial score (nSPS) is 21.1. The summed E-state index contributed by atoms with van der Waals surface area (Å²) in [5, 5.41) is 3.35. The summed E-state index contributed by atoms with van der Waals surface area (Å²) in [7, 11) is 0. The Kier molecular flexibility index (Phi) is 8.34. The fraction of sp³-hybridized carbons (Fsp3) is 0.400. The lowest BCUT2D eigenvalue weighted by Gasteiger charge is -2.33. The molecule has 3 aliphatic rings. The number of nitrogens with one attached hydrogen (secondary N) is 1. The standard InChI is InChI=1S/C30H36N8O4/c31-12-18-14-37-25(11-24(18)32)23(27(33)17-3-4-17)15-36-20-8-16(9-20)13-35-19-5-6-21-22(10-19)30(42)38(29(21)41)26(28(34)40)2-1-7-39/h5-7,10-11,14-17,20,26,35H,1-4,8-9,12-13,31,33H2,(H2,32,37)(H2,34,40). The third kappa shape index (κ3) is 5.89. The van der Waals surface area contributed by atoms with Crippen molar-refractivity contribution in [2.75, 3.05) is 17.6 Å². The van der Waals surface area contributed by atoms with Crippen LogP contribution in [0.15, 0.2) is 41.2 Å². The molecule has 2 fully saturated rings. The van der Waals surface area contributed by atoms with Crippen LogP contribution < -0.4 is 28.3 Å². The van der Waals surface area contributed by atoms with Crippen LogP contribution in [0.1, 0.15) is 70.5 Å². The second-order valence-corrected chi connectivity index (χ2v) is 11.2. The molecule has 0 saturated heterocycles. The molecule has 1 aromatic heterocycles. The minimum absolute atomic E-state index is 0.00364. The first-order chi connectivity index (χ1) is 20.2. The number of nitrogens with two attached hydrogens (primary N) is 4. The van der Waals surface area contributed by atoms with Gasteiger partial charge < -0.3 is 33.0 Å². The van der Waals surface area contributed by atoms with Crippen LogP contribution in [0.4, 0.5) is 11.4 Å². The quantitative estimate of drug-likeness (QED) is 0.134. The van der Waals surface area contributed by atoms with E-state index >= 15 is 0 Å². The van der Waals surface area contributed by atoms with Crippen molar-refractivity contribution in [2.45, 2.75) is 57.2 Å². The number of carbonyl (C=O) groups is 4. The third-order valence-electron chi connectivity index (χ3n) is 8.18. The van der Waals surface area contributed by atoms with Crippen molar-refractivity contribution in [1.29, 1.82) is 0 Å². The molecule has 3 amide bonds. The van der Waals surface area contributed by atoms with Crippen molar-refractivity contribution in [2.24, 2.45) is 34.0 Å². The minimum Gasteiger partial charge on any atom is -0.401 e. The van der Waals surface area contributed by atoms with E-state index in [9.17, 15) is 19.2 Å². The van der Waals surface area contributed by atoms with E-state index in [4.69, 9.17) is 27.9 Å². The number of hydrogen-bond donors (Lipinski definition) is 5. The van der Waals surface area contributed by atoms with Crippen molar-refractivity contribution in [3.8, 4) is 0 Å². The summed E-state index contributed by atoms with van der Waals surface area (Å²) in [5.41, 5.74) is 28.6. The highest BCUT2D eigenvalue weighted by Gasteiger charge is 2.42. The van der Waals surface area contributed by atoms with Gasteiger partial charge in [-0.3, -0.25) is 29.3 Å². The molecule has 0 bridgehead atoms. The molecule has 1 unspecified atom stereocenters. The highest BCUT2D eigenvalue weighted by Crippen LogP contribution is 2.38. The molecule has 9 N–H and O–H groups in total. The number of nitrogens with zero attached hydrogens (tertiary/aromatic N) is 3. The molecule has 2 heterocycles. The van der Waals surface area contributed by atoms with E-state index in [0.29, 0.717) is 48.3 Å². The summed E-state index contributed by atoms with van der Waals surface area (Å²) >= 11 is 0. The van der Waals surface area contributed by atoms with Crippen molar-refractivity contribution >= 4 is 47.2 Å². The zero-order chi connectivity index (χ0) is 30.0. The largest absolute Gasteiger partial charge is 0.401 e. The number of primary amides is 1. The Hall–Kier alpha value is -4.58. The van der Waals surface area contributed by atoms with Gasteiger partial charge in [0.25, 0.3) is 11.8 Å². The van der Waals surface area contributed by atoms with Gasteiger partial charge in [0.05, 0.1) is 22.9 Å². The van der Waals surface area contributed by atoms with Crippen LogP contribution in [0.5, 0.6) is 0 Å². The summed E-state index contributed by atoms with van der Waals surface area (Å²) in [5.74, 6) is -1.27. The van der Waals surface area contributed by atoms with Gasteiger partial charge in [-0.15, -0.1) is 0 Å². The molecule has 2 aliphatic carbocycles. The van der Waals surface area contributed by atoms with Gasteiger partial charge in [-0.25, -0.2) is 0 Å². The molecule has 1 atom stereocenters. The molecule has 42 heavy (non-hydrogen) atoms. The minimum atomic E-state index is -1.17. The number of imide groups is 1. The van der Waals surface area contributed by atoms with Gasteiger partial charge in [0.1, 0.15) is 12.3 Å². The van der Waals surface area contributed by atoms with E-state index in [-0.39, 0.29) is 30.0 Å². The summed E-state index contributed by atoms with van der Waals surface area (Å²) in [6.07, 6.45) is 8.04. The fourth-order valence-corrected chi connectivity index (χ4v) is 5.43. The Balaban J connectivity index is 1.18. The first-order valence-corrected chi connectivity index (χ1v) is 14.2. The lowest BCUT2D eigenvalue weighted by atomic mass is 9.80. The number of benzene rings is 1. The van der Waals surface area contributed by atoms with Gasteiger partial charge in [-0.2, -0.15) is 0 Å². The molecule has 2 saturated carbocycles. The monoisotopic (exact) mass is 572 g/mol. The van der Waals surface area contributed by atoms with Crippen LogP contribution >= 0.6 is 0 Å². The number of pyridine rings is 1. The van der Waals surface area contributed by atoms with E-state index in [0.717, 1.165) is 47.4 Å². The van der Waals surface area contributed by atoms with Crippen LogP contribution in [-0.2, 0) is 16.1 Å². The Morgan fingerprint density at radius 1 is 1.14 bits per heavy atom. The number of aliphatic imine (C=N–C) groups is 1. The molecule has 0 spiro atoms. The molecule has 1 aliphatic heterocycles. The fourth-order valence-electron chi connectivity index (χ4n) is 5.43. The Morgan fingerprint density at radius 3 is 2.52 bits per heavy atom. The predicted octanol–water partition coefficient (Wildman–Crippen LogP) is 1.59. The number of amides is 3. The van der Waals surface area contributed by atoms with Crippen LogP contribution in [0.2, 0.25) is 0 Å². The number of aromatic nitrogens is 1. The van der Waals surface area contributed by atoms with Crippen molar-refractivity contribution in [1.82, 2.24) is 9.88 Å². The van der Waals surface area contributed by atoms with Crippen molar-refractivity contribution in [3.05, 3.63) is 58.5 Å². The molecule has 12 heteroatoms. The molecule has 1 aromatic carbocycles. The summed E-state index contributed by atoms with van der Waals surface area (Å²) < 4.78 is 0. The lowest BCUT2D eigenvalue weighted by molar-refractivity contribution is -0.122. The Bertz CT molecular complexity index is 1480. The number of allylic oxidation sites excluding steroid dienone is 2. The van der Waals surface area contributed by atoms with Gasteiger partial charge in [-0.1, -0.05) is 0 Å². The van der Waals surface area contributed by atoms with Crippen LogP contribution in [-0.4, -0.2) is 58.7 Å². The summed E-state index contributed by atoms with van der Waals surface area (Å²) in [4.78, 5) is 58.8. The second kappa shape index (κ2) is 12.1. The van der Waals surface area contributed by atoms with Gasteiger partial charge in [-0.05, 0) is 68.2 Å². The van der Waals surface area contributed by atoms with E-state index in [1.807, 2.05) is 6.21 Å². The van der Waals surface area contributed by atoms with E-state index < -0.39 is 23.8 Å². The molecule has 12 nitrogen and oxygen atoms in total. The summed E-state index contributed by atoms with van der Waals surface area (Å²) in [6.45, 7) is 0.990. The maximum Gasteiger partial charge on any atom is 0.262 e. The maximum atomic E-state index is 13.0. The average Bonchev–Trinajstić information content (AvgIpc) is 3.77. The number of aldehydes is 1. The number of hydrogen-bond acceptors (Lipinski definition) is 10. The zero-order valence-electron chi connectivity index (χ0n) is 23.3. The van der Waals surface area contributed by atoms with Crippen molar-refractivity contribution in [3.63, 3.8) is 0 Å². The van der Waals surface area contributed by atoms with Gasteiger partial charge in [0, 0.05) is 60.1 Å². The van der Waals surface area contributed by atoms with Crippen LogP contribution in [0, 0.1) is 11.8 Å². The van der Waals surface area contributed by atoms with Crippen LogP contribution in [0.3, 0.4) is 0 Å². The zero-order valence-corrected chi connectivity index (χ0v) is 23.3. The Labute approximate surface area is 243 Å². The van der Waals surface area contributed by atoms with E-state index in [2.05, 4.69) is 10.3 Å². The number of carbonyl (C=O) groups excluding carboxylic acids is 4. The molecule has 5 rings (SSSR count). The number of rotatable bonds is 13. The highest BCUT2D eigenvalue weighted by atomic mass is 16.2. The van der Waals surface area contributed by atoms with E-state index in [1.165, 1.54) is 0 Å².